The van der Waals surface area contributed by atoms with E-state index in [1.807, 2.05) is 4.90 Å². The maximum Gasteiger partial charge on any atom is 0.409 e. The van der Waals surface area contributed by atoms with Crippen LogP contribution in [-0.2, 0) is 14.3 Å². The standard InChI is InChI=1S/C20H21NO2.CO2/c22-20(21-12-6-1-7-13-21)23-14-19-17-10-4-2-8-15(17)16-9-3-5-11-18(16)19;2-1-3/h2-5,8-11,19H,1,6-7,12-14H2;. The number of piperidine rings is 1. The highest BCUT2D eigenvalue weighted by atomic mass is 16.6. The summed E-state index contributed by atoms with van der Waals surface area (Å²) >= 11 is 0. The smallest absolute Gasteiger partial charge is 0.409 e. The summed E-state index contributed by atoms with van der Waals surface area (Å²) in [4.78, 5) is 30.4. The fourth-order valence-corrected chi connectivity index (χ4v) is 3.76. The molecule has 2 aliphatic rings. The fourth-order valence-electron chi connectivity index (χ4n) is 3.76. The molecular weight excluding hydrogens is 330 g/mol. The molecule has 1 fully saturated rings. The molecule has 26 heavy (non-hydrogen) atoms. The van der Waals surface area contributed by atoms with Gasteiger partial charge in [-0.1, -0.05) is 48.5 Å². The molecule has 5 nitrogen and oxygen atoms in total. The van der Waals surface area contributed by atoms with Crippen molar-refractivity contribution in [3.05, 3.63) is 59.7 Å². The first-order valence-corrected chi connectivity index (χ1v) is 8.85. The SMILES string of the molecule is O=C(OCC1c2ccccc2-c2ccccc21)N1CCCCC1.O=C=O. The van der Waals surface area contributed by atoms with Crippen molar-refractivity contribution in [3.8, 4) is 11.1 Å². The summed E-state index contributed by atoms with van der Waals surface area (Å²) in [5.74, 6) is 0.149. The van der Waals surface area contributed by atoms with Gasteiger partial charge in [0, 0.05) is 19.0 Å². The summed E-state index contributed by atoms with van der Waals surface area (Å²) < 4.78 is 5.67. The predicted octanol–water partition coefficient (Wildman–Crippen LogP) is 3.84. The molecule has 5 heteroatoms. The molecule has 1 heterocycles. The minimum absolute atomic E-state index is 0.149. The molecule has 1 amide bonds. The molecule has 2 aromatic carbocycles. The highest BCUT2D eigenvalue weighted by Crippen LogP contribution is 2.44. The van der Waals surface area contributed by atoms with E-state index < -0.39 is 0 Å². The van der Waals surface area contributed by atoms with Gasteiger partial charge in [-0.3, -0.25) is 0 Å². The summed E-state index contributed by atoms with van der Waals surface area (Å²) in [6.07, 6.45) is 3.48. The zero-order valence-electron chi connectivity index (χ0n) is 14.5. The van der Waals surface area contributed by atoms with Crippen molar-refractivity contribution < 1.29 is 19.1 Å². The molecule has 1 aliphatic heterocycles. The molecule has 0 unspecified atom stereocenters. The van der Waals surface area contributed by atoms with E-state index in [4.69, 9.17) is 14.3 Å². The third-order valence-corrected chi connectivity index (χ3v) is 4.95. The van der Waals surface area contributed by atoms with Crippen LogP contribution in [0.15, 0.2) is 48.5 Å². The Hall–Kier alpha value is -2.91. The van der Waals surface area contributed by atoms with Gasteiger partial charge in [-0.15, -0.1) is 0 Å². The number of hydrogen-bond acceptors (Lipinski definition) is 4. The summed E-state index contributed by atoms with van der Waals surface area (Å²) in [5.41, 5.74) is 5.06. The topological polar surface area (TPSA) is 63.7 Å². The van der Waals surface area contributed by atoms with Crippen LogP contribution in [0, 0.1) is 0 Å². The number of benzene rings is 2. The first kappa shape index (κ1) is 17.9. The molecule has 2 aromatic rings. The zero-order chi connectivity index (χ0) is 18.4. The number of carbonyl (C=O) groups is 1. The molecular formula is C21H21NO4. The number of fused-ring (bicyclic) bond motifs is 3. The molecule has 1 aliphatic carbocycles. The summed E-state index contributed by atoms with van der Waals surface area (Å²) in [6, 6.07) is 16.9. The van der Waals surface area contributed by atoms with Crippen LogP contribution < -0.4 is 0 Å². The zero-order valence-corrected chi connectivity index (χ0v) is 14.5. The van der Waals surface area contributed by atoms with Gasteiger partial charge in [0.25, 0.3) is 0 Å². The van der Waals surface area contributed by atoms with E-state index in [0.29, 0.717) is 6.61 Å². The Kier molecular flexibility index (Phi) is 5.82. The second-order valence-corrected chi connectivity index (χ2v) is 6.44. The van der Waals surface area contributed by atoms with Crippen LogP contribution >= 0.6 is 0 Å². The maximum absolute atomic E-state index is 12.3. The molecule has 0 saturated carbocycles. The number of likely N-dealkylation sites (tertiary alicyclic amines) is 1. The fraction of sp³-hybridized carbons (Fsp3) is 0.333. The van der Waals surface area contributed by atoms with Gasteiger partial charge in [0.05, 0.1) is 0 Å². The van der Waals surface area contributed by atoms with Gasteiger partial charge in [-0.25, -0.2) is 4.79 Å². The van der Waals surface area contributed by atoms with Gasteiger partial charge in [0.15, 0.2) is 0 Å². The molecule has 1 saturated heterocycles. The van der Waals surface area contributed by atoms with E-state index in [1.165, 1.54) is 28.7 Å². The minimum atomic E-state index is -0.161. The Morgan fingerprint density at radius 3 is 1.96 bits per heavy atom. The molecule has 0 atom stereocenters. The molecule has 0 N–H and O–H groups in total. The number of rotatable bonds is 2. The number of hydrogen-bond donors (Lipinski definition) is 0. The van der Waals surface area contributed by atoms with E-state index in [0.717, 1.165) is 25.9 Å². The number of ether oxygens (including phenoxy) is 1. The first-order chi connectivity index (χ1) is 12.8. The van der Waals surface area contributed by atoms with Gasteiger partial charge >= 0.3 is 12.2 Å². The van der Waals surface area contributed by atoms with Crippen molar-refractivity contribution in [1.82, 2.24) is 4.90 Å². The maximum atomic E-state index is 12.3. The van der Waals surface area contributed by atoms with Gasteiger partial charge in [-0.2, -0.15) is 9.59 Å². The van der Waals surface area contributed by atoms with Crippen LogP contribution in [0.25, 0.3) is 11.1 Å². The van der Waals surface area contributed by atoms with Crippen molar-refractivity contribution >= 4 is 12.2 Å². The van der Waals surface area contributed by atoms with Gasteiger partial charge < -0.3 is 9.64 Å². The molecule has 0 spiro atoms. The summed E-state index contributed by atoms with van der Waals surface area (Å²) in [7, 11) is 0. The van der Waals surface area contributed by atoms with Crippen LogP contribution in [0.5, 0.6) is 0 Å². The third kappa shape index (κ3) is 3.68. The van der Waals surface area contributed by atoms with Crippen molar-refractivity contribution in [2.45, 2.75) is 25.2 Å². The van der Waals surface area contributed by atoms with Crippen molar-refractivity contribution in [3.63, 3.8) is 0 Å². The van der Waals surface area contributed by atoms with E-state index in [2.05, 4.69) is 48.5 Å². The second kappa shape index (κ2) is 8.45. The number of amides is 1. The quantitative estimate of drug-likeness (QED) is 0.825. The lowest BCUT2D eigenvalue weighted by Crippen LogP contribution is -2.36. The largest absolute Gasteiger partial charge is 0.448 e. The van der Waals surface area contributed by atoms with Gasteiger partial charge in [-0.05, 0) is 41.5 Å². The molecule has 134 valence electrons. The Bertz CT molecular complexity index is 760. The number of nitrogens with zero attached hydrogens (tertiary/aromatic N) is 1. The van der Waals surface area contributed by atoms with Crippen LogP contribution in [0.3, 0.4) is 0 Å². The van der Waals surface area contributed by atoms with E-state index >= 15 is 0 Å². The highest BCUT2D eigenvalue weighted by Gasteiger charge is 2.29. The number of carbonyl (C=O) groups excluding carboxylic acids is 3. The second-order valence-electron chi connectivity index (χ2n) is 6.44. The van der Waals surface area contributed by atoms with E-state index in [9.17, 15) is 4.79 Å². The Morgan fingerprint density at radius 2 is 1.42 bits per heavy atom. The van der Waals surface area contributed by atoms with Crippen LogP contribution in [0.1, 0.15) is 36.3 Å². The molecule has 0 radical (unpaired) electrons. The van der Waals surface area contributed by atoms with Gasteiger partial charge in [0.1, 0.15) is 6.61 Å². The molecule has 4 rings (SSSR count). The van der Waals surface area contributed by atoms with E-state index in [-0.39, 0.29) is 18.2 Å². The van der Waals surface area contributed by atoms with Crippen LogP contribution in [0.2, 0.25) is 0 Å². The normalized spacial score (nSPS) is 15.2. The third-order valence-electron chi connectivity index (χ3n) is 4.95. The van der Waals surface area contributed by atoms with Crippen molar-refractivity contribution in [1.29, 1.82) is 0 Å². The lowest BCUT2D eigenvalue weighted by Gasteiger charge is -2.26. The monoisotopic (exact) mass is 351 g/mol. The summed E-state index contributed by atoms with van der Waals surface area (Å²) in [6.45, 7) is 2.08. The first-order valence-electron chi connectivity index (χ1n) is 8.85. The predicted molar refractivity (Wildman–Crippen MR) is 95.5 cm³/mol. The Morgan fingerprint density at radius 1 is 0.923 bits per heavy atom. The summed E-state index contributed by atoms with van der Waals surface area (Å²) in [5, 5.41) is 0. The Labute approximate surface area is 152 Å². The van der Waals surface area contributed by atoms with Gasteiger partial charge in [0.2, 0.25) is 0 Å². The molecule has 0 aromatic heterocycles. The lowest BCUT2D eigenvalue weighted by atomic mass is 9.98. The average molecular weight is 351 g/mol. The average Bonchev–Trinajstić information content (AvgIpc) is 3.01. The van der Waals surface area contributed by atoms with Crippen molar-refractivity contribution in [2.24, 2.45) is 0 Å². The van der Waals surface area contributed by atoms with E-state index in [1.54, 1.807) is 0 Å². The van der Waals surface area contributed by atoms with Crippen molar-refractivity contribution in [2.75, 3.05) is 19.7 Å². The minimum Gasteiger partial charge on any atom is -0.448 e. The lowest BCUT2D eigenvalue weighted by molar-refractivity contribution is -0.191. The Balaban J connectivity index is 0.000000613. The van der Waals surface area contributed by atoms with Crippen LogP contribution in [-0.4, -0.2) is 36.8 Å². The molecule has 0 bridgehead atoms. The highest BCUT2D eigenvalue weighted by molar-refractivity contribution is 5.79. The van der Waals surface area contributed by atoms with Crippen LogP contribution in [0.4, 0.5) is 4.79 Å².